The summed E-state index contributed by atoms with van der Waals surface area (Å²) >= 11 is 6.08. The molecule has 112 valence electrons. The molecule has 0 bridgehead atoms. The van der Waals surface area contributed by atoms with Crippen LogP contribution in [0.5, 0.6) is 0 Å². The molecule has 0 atom stereocenters. The van der Waals surface area contributed by atoms with Crippen molar-refractivity contribution >= 4 is 23.4 Å². The Bertz CT molecular complexity index is 456. The number of nitrogens with one attached hydrogen (secondary N) is 1. The van der Waals surface area contributed by atoms with E-state index >= 15 is 0 Å². The zero-order valence-corrected chi connectivity index (χ0v) is 13.1. The van der Waals surface area contributed by atoms with Crippen LogP contribution in [0.4, 0.5) is 10.5 Å². The van der Waals surface area contributed by atoms with Crippen LogP contribution in [0, 0.1) is 0 Å². The highest BCUT2D eigenvalue weighted by Crippen LogP contribution is 2.24. The average Bonchev–Trinajstić information content (AvgIpc) is 2.31. The first-order chi connectivity index (χ1) is 9.31. The summed E-state index contributed by atoms with van der Waals surface area (Å²) in [4.78, 5) is 11.7. The normalized spacial score (nSPS) is 11.2. The van der Waals surface area contributed by atoms with Crippen molar-refractivity contribution in [2.45, 2.75) is 45.6 Å². The third-order valence-electron chi connectivity index (χ3n) is 2.59. The predicted octanol–water partition coefficient (Wildman–Crippen LogP) is 3.97. The highest BCUT2D eigenvalue weighted by atomic mass is 35.5. The minimum atomic E-state index is -0.532. The molecule has 1 amide bonds. The van der Waals surface area contributed by atoms with Crippen molar-refractivity contribution < 1.29 is 9.53 Å². The molecule has 20 heavy (non-hydrogen) atoms. The topological polar surface area (TPSA) is 64.3 Å². The number of nitrogens with two attached hydrogens (primary N) is 1. The number of amides is 1. The van der Waals surface area contributed by atoms with E-state index in [1.807, 2.05) is 32.9 Å². The second-order valence-corrected chi connectivity index (χ2v) is 6.09. The van der Waals surface area contributed by atoms with Crippen molar-refractivity contribution in [2.24, 2.45) is 5.73 Å². The van der Waals surface area contributed by atoms with Crippen molar-refractivity contribution in [3.8, 4) is 0 Å². The first kappa shape index (κ1) is 16.8. The number of benzene rings is 1. The van der Waals surface area contributed by atoms with Crippen LogP contribution in [0.15, 0.2) is 18.2 Å². The van der Waals surface area contributed by atoms with Crippen molar-refractivity contribution in [3.05, 3.63) is 28.8 Å². The van der Waals surface area contributed by atoms with E-state index in [0.717, 1.165) is 24.8 Å². The summed E-state index contributed by atoms with van der Waals surface area (Å²) in [5.74, 6) is 0. The van der Waals surface area contributed by atoms with Crippen LogP contribution < -0.4 is 11.1 Å². The fourth-order valence-electron chi connectivity index (χ4n) is 1.71. The van der Waals surface area contributed by atoms with Gasteiger partial charge in [0.25, 0.3) is 0 Å². The van der Waals surface area contributed by atoms with E-state index in [9.17, 15) is 4.79 Å². The monoisotopic (exact) mass is 298 g/mol. The summed E-state index contributed by atoms with van der Waals surface area (Å²) in [7, 11) is 0. The molecule has 4 nitrogen and oxygen atoms in total. The number of anilines is 1. The maximum absolute atomic E-state index is 11.7. The van der Waals surface area contributed by atoms with E-state index in [1.165, 1.54) is 0 Å². The summed E-state index contributed by atoms with van der Waals surface area (Å²) in [6.07, 6.45) is 2.41. The van der Waals surface area contributed by atoms with Gasteiger partial charge in [-0.15, -0.1) is 0 Å². The number of rotatable bonds is 5. The molecule has 0 aliphatic carbocycles. The molecule has 1 aromatic rings. The minimum absolute atomic E-state index is 0.499. The van der Waals surface area contributed by atoms with Gasteiger partial charge in [0, 0.05) is 0 Å². The van der Waals surface area contributed by atoms with Gasteiger partial charge in [0.05, 0.1) is 10.7 Å². The van der Waals surface area contributed by atoms with Gasteiger partial charge in [-0.1, -0.05) is 17.7 Å². The lowest BCUT2D eigenvalue weighted by Gasteiger charge is -2.20. The van der Waals surface area contributed by atoms with E-state index in [-0.39, 0.29) is 0 Å². The third-order valence-corrected chi connectivity index (χ3v) is 2.92. The highest BCUT2D eigenvalue weighted by Gasteiger charge is 2.17. The zero-order valence-electron chi connectivity index (χ0n) is 12.3. The predicted molar refractivity (Wildman–Crippen MR) is 83.3 cm³/mol. The van der Waals surface area contributed by atoms with Gasteiger partial charge >= 0.3 is 6.09 Å². The lowest BCUT2D eigenvalue weighted by molar-refractivity contribution is 0.0636. The van der Waals surface area contributed by atoms with Crippen LogP contribution in [-0.2, 0) is 11.2 Å². The standard InChI is InChI=1S/C15H23ClN2O2/c1-15(2,3)20-14(19)18-13-10-11(6-4-5-9-17)7-8-12(13)16/h7-8,10H,4-6,9,17H2,1-3H3,(H,18,19). The maximum atomic E-state index is 11.7. The van der Waals surface area contributed by atoms with E-state index in [2.05, 4.69) is 5.32 Å². The van der Waals surface area contributed by atoms with Gasteiger partial charge in [-0.25, -0.2) is 4.79 Å². The van der Waals surface area contributed by atoms with Gasteiger partial charge in [0.1, 0.15) is 5.60 Å². The number of hydrogen-bond acceptors (Lipinski definition) is 3. The number of unbranched alkanes of at least 4 members (excludes halogenated alkanes) is 1. The average molecular weight is 299 g/mol. The summed E-state index contributed by atoms with van der Waals surface area (Å²) < 4.78 is 5.21. The molecule has 0 saturated carbocycles. The Hall–Kier alpha value is -1.26. The van der Waals surface area contributed by atoms with Gasteiger partial charge in [0.2, 0.25) is 0 Å². The lowest BCUT2D eigenvalue weighted by Crippen LogP contribution is -2.27. The van der Waals surface area contributed by atoms with Crippen LogP contribution in [-0.4, -0.2) is 18.2 Å². The molecule has 1 rings (SSSR count). The molecule has 0 aliphatic rings. The minimum Gasteiger partial charge on any atom is -0.444 e. The van der Waals surface area contributed by atoms with E-state index in [0.29, 0.717) is 17.3 Å². The fourth-order valence-corrected chi connectivity index (χ4v) is 1.88. The van der Waals surface area contributed by atoms with Gasteiger partial charge in [-0.2, -0.15) is 0 Å². The van der Waals surface area contributed by atoms with E-state index in [4.69, 9.17) is 22.1 Å². The summed E-state index contributed by atoms with van der Waals surface area (Å²) in [6.45, 7) is 6.14. The van der Waals surface area contributed by atoms with E-state index in [1.54, 1.807) is 6.07 Å². The lowest BCUT2D eigenvalue weighted by atomic mass is 10.1. The van der Waals surface area contributed by atoms with Crippen LogP contribution in [0.3, 0.4) is 0 Å². The molecule has 0 radical (unpaired) electrons. The molecule has 1 aromatic carbocycles. The quantitative estimate of drug-likeness (QED) is 0.808. The Balaban J connectivity index is 2.68. The molecule has 0 unspecified atom stereocenters. The first-order valence-electron chi connectivity index (χ1n) is 6.80. The van der Waals surface area contributed by atoms with Gasteiger partial charge in [-0.3, -0.25) is 5.32 Å². The Morgan fingerprint density at radius 3 is 2.65 bits per heavy atom. The van der Waals surface area contributed by atoms with Gasteiger partial charge in [0.15, 0.2) is 0 Å². The number of aryl methyl sites for hydroxylation is 1. The van der Waals surface area contributed by atoms with Gasteiger partial charge < -0.3 is 10.5 Å². The van der Waals surface area contributed by atoms with Crippen molar-refractivity contribution in [1.29, 1.82) is 0 Å². The molecule has 0 saturated heterocycles. The molecular formula is C15H23ClN2O2. The molecule has 0 spiro atoms. The number of hydrogen-bond donors (Lipinski definition) is 2. The Morgan fingerprint density at radius 2 is 2.05 bits per heavy atom. The Morgan fingerprint density at radius 1 is 1.35 bits per heavy atom. The van der Waals surface area contributed by atoms with Crippen LogP contribution >= 0.6 is 11.6 Å². The Kier molecular flexibility index (Phi) is 6.30. The number of ether oxygens (including phenoxy) is 1. The van der Waals surface area contributed by atoms with Crippen LogP contribution in [0.1, 0.15) is 39.2 Å². The van der Waals surface area contributed by atoms with Crippen molar-refractivity contribution in [1.82, 2.24) is 0 Å². The third kappa shape index (κ3) is 6.26. The molecule has 0 fully saturated rings. The van der Waals surface area contributed by atoms with Gasteiger partial charge in [-0.05, 0) is 64.3 Å². The number of halogens is 1. The first-order valence-corrected chi connectivity index (χ1v) is 7.18. The Labute approximate surface area is 125 Å². The second kappa shape index (κ2) is 7.50. The molecule has 3 N–H and O–H groups in total. The highest BCUT2D eigenvalue weighted by molar-refractivity contribution is 6.33. The fraction of sp³-hybridized carbons (Fsp3) is 0.533. The number of carbonyl (C=O) groups excluding carboxylic acids is 1. The zero-order chi connectivity index (χ0) is 15.2. The second-order valence-electron chi connectivity index (χ2n) is 5.69. The smallest absolute Gasteiger partial charge is 0.412 e. The van der Waals surface area contributed by atoms with Crippen molar-refractivity contribution in [2.75, 3.05) is 11.9 Å². The molecule has 5 heteroatoms. The molecule has 0 aromatic heterocycles. The van der Waals surface area contributed by atoms with E-state index < -0.39 is 11.7 Å². The largest absolute Gasteiger partial charge is 0.444 e. The summed E-state index contributed by atoms with van der Waals surface area (Å²) in [6, 6.07) is 5.62. The van der Waals surface area contributed by atoms with Crippen LogP contribution in [0.25, 0.3) is 0 Å². The summed E-state index contributed by atoms with van der Waals surface area (Å²) in [5, 5.41) is 3.18. The summed E-state index contributed by atoms with van der Waals surface area (Å²) in [5.41, 5.74) is 6.64. The molecule has 0 heterocycles. The maximum Gasteiger partial charge on any atom is 0.412 e. The number of carbonyl (C=O) groups is 1. The molecule has 0 aliphatic heterocycles. The molecular weight excluding hydrogens is 276 g/mol. The van der Waals surface area contributed by atoms with Crippen molar-refractivity contribution in [3.63, 3.8) is 0 Å². The van der Waals surface area contributed by atoms with Crippen LogP contribution in [0.2, 0.25) is 5.02 Å². The SMILES string of the molecule is CC(C)(C)OC(=O)Nc1cc(CCCCN)ccc1Cl.